The average Bonchev–Trinajstić information content (AvgIpc) is 3.05. The fraction of sp³-hybridized carbons (Fsp3) is 0.400. The Hall–Kier alpha value is -2.35. The molecule has 1 saturated heterocycles. The number of fused-ring (bicyclic) bond motifs is 1. The van der Waals surface area contributed by atoms with Crippen molar-refractivity contribution in [1.82, 2.24) is 19.3 Å². The maximum Gasteiger partial charge on any atom is 0.299 e. The van der Waals surface area contributed by atoms with Gasteiger partial charge in [-0.25, -0.2) is 4.98 Å². The van der Waals surface area contributed by atoms with E-state index in [-0.39, 0.29) is 11.9 Å². The lowest BCUT2D eigenvalue weighted by Crippen LogP contribution is -2.30. The quantitative estimate of drug-likeness (QED) is 0.740. The van der Waals surface area contributed by atoms with E-state index in [4.69, 9.17) is 0 Å². The van der Waals surface area contributed by atoms with Crippen molar-refractivity contribution in [3.63, 3.8) is 0 Å². The molecule has 0 aliphatic carbocycles. The summed E-state index contributed by atoms with van der Waals surface area (Å²) in [7, 11) is 0. The van der Waals surface area contributed by atoms with Crippen molar-refractivity contribution in [3.8, 4) is 11.8 Å². The Morgan fingerprint density at radius 3 is 3.10 bits per heavy atom. The monoisotopic (exact) mass is 268 g/mol. The molecule has 5 nitrogen and oxygen atoms in total. The van der Waals surface area contributed by atoms with Crippen molar-refractivity contribution in [2.75, 3.05) is 6.54 Å². The van der Waals surface area contributed by atoms with Gasteiger partial charge in [0.25, 0.3) is 5.91 Å². The molecule has 5 heteroatoms. The van der Waals surface area contributed by atoms with Crippen LogP contribution in [0.2, 0.25) is 0 Å². The summed E-state index contributed by atoms with van der Waals surface area (Å²) in [6.07, 6.45) is 7.40. The minimum atomic E-state index is -0.113. The Morgan fingerprint density at radius 1 is 1.45 bits per heavy atom. The number of hydrogen-bond donors (Lipinski definition) is 0. The third kappa shape index (κ3) is 1.94. The normalized spacial score (nSPS) is 18.1. The molecule has 3 heterocycles. The second-order valence-corrected chi connectivity index (χ2v) is 4.92. The van der Waals surface area contributed by atoms with Gasteiger partial charge in [-0.15, -0.1) is 0 Å². The number of imidazole rings is 1. The zero-order valence-corrected chi connectivity index (χ0v) is 11.6. The molecule has 0 unspecified atom stereocenters. The Balaban J connectivity index is 2.03. The summed E-state index contributed by atoms with van der Waals surface area (Å²) in [5, 5.41) is 0. The Bertz CT molecular complexity index is 722. The van der Waals surface area contributed by atoms with Crippen molar-refractivity contribution >= 4 is 11.4 Å². The lowest BCUT2D eigenvalue weighted by molar-refractivity contribution is -0.126. The van der Waals surface area contributed by atoms with Crippen LogP contribution in [0.3, 0.4) is 0 Å². The second kappa shape index (κ2) is 4.97. The minimum absolute atomic E-state index is 0.00708. The van der Waals surface area contributed by atoms with E-state index in [9.17, 15) is 4.79 Å². The highest BCUT2D eigenvalue weighted by Crippen LogP contribution is 2.31. The SMILES string of the molecule is CC#CC(=O)N1CCC[C@H]1c1ncc2c(C)nccn12. The fourth-order valence-electron chi connectivity index (χ4n) is 2.78. The van der Waals surface area contributed by atoms with Crippen LogP contribution in [0, 0.1) is 18.8 Å². The van der Waals surface area contributed by atoms with E-state index in [1.54, 1.807) is 13.1 Å². The molecule has 1 fully saturated rings. The van der Waals surface area contributed by atoms with Gasteiger partial charge in [0.1, 0.15) is 5.82 Å². The summed E-state index contributed by atoms with van der Waals surface area (Å²) in [5.41, 5.74) is 1.93. The van der Waals surface area contributed by atoms with Crippen molar-refractivity contribution in [3.05, 3.63) is 30.1 Å². The van der Waals surface area contributed by atoms with Crippen LogP contribution in [-0.2, 0) is 4.79 Å². The van der Waals surface area contributed by atoms with Gasteiger partial charge >= 0.3 is 0 Å². The summed E-state index contributed by atoms with van der Waals surface area (Å²) in [5.74, 6) is 6.09. The number of amides is 1. The molecule has 1 amide bonds. The molecule has 2 aromatic rings. The van der Waals surface area contributed by atoms with E-state index < -0.39 is 0 Å². The van der Waals surface area contributed by atoms with Crippen LogP contribution < -0.4 is 0 Å². The largest absolute Gasteiger partial charge is 0.322 e. The van der Waals surface area contributed by atoms with E-state index in [1.807, 2.05) is 28.6 Å². The number of hydrogen-bond acceptors (Lipinski definition) is 3. The molecular weight excluding hydrogens is 252 g/mol. The number of carbonyl (C=O) groups excluding carboxylic acids is 1. The molecule has 1 aliphatic heterocycles. The highest BCUT2D eigenvalue weighted by molar-refractivity contribution is 5.93. The van der Waals surface area contributed by atoms with E-state index in [0.29, 0.717) is 0 Å². The van der Waals surface area contributed by atoms with E-state index >= 15 is 0 Å². The first-order valence-electron chi connectivity index (χ1n) is 6.74. The van der Waals surface area contributed by atoms with E-state index in [0.717, 1.165) is 36.4 Å². The van der Waals surface area contributed by atoms with Crippen molar-refractivity contribution < 1.29 is 4.79 Å². The Morgan fingerprint density at radius 2 is 2.30 bits per heavy atom. The van der Waals surface area contributed by atoms with Gasteiger partial charge in [-0.05, 0) is 32.6 Å². The van der Waals surface area contributed by atoms with Crippen LogP contribution in [0.15, 0.2) is 18.6 Å². The molecule has 0 N–H and O–H groups in total. The number of likely N-dealkylation sites (tertiary alicyclic amines) is 1. The zero-order valence-electron chi connectivity index (χ0n) is 11.6. The summed E-state index contributed by atoms with van der Waals surface area (Å²) < 4.78 is 2.03. The van der Waals surface area contributed by atoms with Crippen LogP contribution in [0.25, 0.3) is 5.52 Å². The molecule has 0 radical (unpaired) electrons. The van der Waals surface area contributed by atoms with Crippen LogP contribution in [0.4, 0.5) is 0 Å². The van der Waals surface area contributed by atoms with Crippen LogP contribution in [-0.4, -0.2) is 31.7 Å². The van der Waals surface area contributed by atoms with Gasteiger partial charge < -0.3 is 4.90 Å². The predicted octanol–water partition coefficient (Wildman–Crippen LogP) is 1.72. The standard InChI is InChI=1S/C15H16N4O/c1-3-5-14(20)18-8-4-6-12(18)15-17-10-13-11(2)16-7-9-19(13)15/h7,9-10,12H,4,6,8H2,1-2H3/t12-/m0/s1. The maximum atomic E-state index is 12.1. The topological polar surface area (TPSA) is 50.5 Å². The first kappa shape index (κ1) is 12.7. The number of nitrogens with zero attached hydrogens (tertiary/aromatic N) is 4. The molecule has 3 rings (SSSR count). The van der Waals surface area contributed by atoms with Crippen LogP contribution >= 0.6 is 0 Å². The van der Waals surface area contributed by atoms with E-state index in [1.165, 1.54) is 0 Å². The van der Waals surface area contributed by atoms with Crippen LogP contribution in [0.1, 0.15) is 37.3 Å². The molecule has 20 heavy (non-hydrogen) atoms. The van der Waals surface area contributed by atoms with Crippen molar-refractivity contribution in [2.24, 2.45) is 0 Å². The van der Waals surface area contributed by atoms with Crippen molar-refractivity contribution in [1.29, 1.82) is 0 Å². The summed E-state index contributed by atoms with van der Waals surface area (Å²) >= 11 is 0. The molecule has 102 valence electrons. The Labute approximate surface area is 117 Å². The van der Waals surface area contributed by atoms with Crippen LogP contribution in [0.5, 0.6) is 0 Å². The predicted molar refractivity (Wildman–Crippen MR) is 74.9 cm³/mol. The molecule has 1 atom stereocenters. The lowest BCUT2D eigenvalue weighted by Gasteiger charge is -2.21. The van der Waals surface area contributed by atoms with Gasteiger partial charge in [0, 0.05) is 18.9 Å². The second-order valence-electron chi connectivity index (χ2n) is 4.92. The molecule has 0 aromatic carbocycles. The molecule has 0 bridgehead atoms. The van der Waals surface area contributed by atoms with Gasteiger partial charge in [-0.3, -0.25) is 14.2 Å². The highest BCUT2D eigenvalue weighted by Gasteiger charge is 2.32. The van der Waals surface area contributed by atoms with Crippen molar-refractivity contribution in [2.45, 2.75) is 32.7 Å². The summed E-state index contributed by atoms with van der Waals surface area (Å²) in [4.78, 5) is 22.7. The zero-order chi connectivity index (χ0) is 14.1. The molecule has 0 saturated carbocycles. The number of aromatic nitrogens is 3. The maximum absolute atomic E-state index is 12.1. The number of carbonyl (C=O) groups is 1. The number of rotatable bonds is 1. The summed E-state index contributed by atoms with van der Waals surface area (Å²) in [6.45, 7) is 4.39. The third-order valence-electron chi connectivity index (χ3n) is 3.72. The molecular formula is C15H16N4O. The van der Waals surface area contributed by atoms with E-state index in [2.05, 4.69) is 21.8 Å². The van der Waals surface area contributed by atoms with Gasteiger partial charge in [-0.2, -0.15) is 0 Å². The summed E-state index contributed by atoms with van der Waals surface area (Å²) in [6, 6.07) is 0.00708. The number of aryl methyl sites for hydroxylation is 1. The van der Waals surface area contributed by atoms with Gasteiger partial charge in [0.05, 0.1) is 23.4 Å². The first-order chi connectivity index (χ1) is 9.72. The van der Waals surface area contributed by atoms with Gasteiger partial charge in [0.15, 0.2) is 0 Å². The molecule has 1 aliphatic rings. The molecule has 0 spiro atoms. The average molecular weight is 268 g/mol. The van der Waals surface area contributed by atoms with Gasteiger partial charge in [-0.1, -0.05) is 5.92 Å². The highest BCUT2D eigenvalue weighted by atomic mass is 16.2. The fourth-order valence-corrected chi connectivity index (χ4v) is 2.78. The lowest BCUT2D eigenvalue weighted by atomic mass is 10.2. The minimum Gasteiger partial charge on any atom is -0.322 e. The van der Waals surface area contributed by atoms with Gasteiger partial charge in [0.2, 0.25) is 0 Å². The Kier molecular flexibility index (Phi) is 3.15. The third-order valence-corrected chi connectivity index (χ3v) is 3.72. The molecule has 2 aromatic heterocycles. The first-order valence-corrected chi connectivity index (χ1v) is 6.74. The smallest absolute Gasteiger partial charge is 0.299 e.